The highest BCUT2D eigenvalue weighted by Crippen LogP contribution is 2.34. The summed E-state index contributed by atoms with van der Waals surface area (Å²) in [5.74, 6) is 1.16. The highest BCUT2D eigenvalue weighted by Gasteiger charge is 2.36. The van der Waals surface area contributed by atoms with Crippen LogP contribution in [0.1, 0.15) is 79.1 Å². The van der Waals surface area contributed by atoms with E-state index in [0.717, 1.165) is 18.6 Å². The van der Waals surface area contributed by atoms with Gasteiger partial charge >= 0.3 is 0 Å². The first kappa shape index (κ1) is 21.8. The van der Waals surface area contributed by atoms with E-state index in [1.807, 2.05) is 11.8 Å². The fourth-order valence-electron chi connectivity index (χ4n) is 3.38. The van der Waals surface area contributed by atoms with Crippen LogP contribution >= 0.6 is 11.8 Å². The molecule has 0 bridgehead atoms. The molecule has 0 aliphatic carbocycles. The van der Waals surface area contributed by atoms with Crippen molar-refractivity contribution in [2.24, 2.45) is 5.41 Å². The second-order valence-corrected chi connectivity index (χ2v) is 9.77. The van der Waals surface area contributed by atoms with E-state index in [1.165, 1.54) is 43.4 Å². The van der Waals surface area contributed by atoms with Crippen LogP contribution in [-0.4, -0.2) is 24.3 Å². The van der Waals surface area contributed by atoms with E-state index >= 15 is 0 Å². The summed E-state index contributed by atoms with van der Waals surface area (Å²) in [6, 6.07) is 10.7. The Bertz CT molecular complexity index is 483. The molecule has 1 aliphatic heterocycles. The van der Waals surface area contributed by atoms with Crippen molar-refractivity contribution in [2.75, 3.05) is 5.75 Å². The zero-order chi connectivity index (χ0) is 18.8. The first-order valence-electron chi connectivity index (χ1n) is 10.5. The van der Waals surface area contributed by atoms with Gasteiger partial charge in [-0.15, -0.1) is 11.8 Å². The number of thioether (sulfide) groups is 1. The van der Waals surface area contributed by atoms with Gasteiger partial charge in [-0.25, -0.2) is 0 Å². The summed E-state index contributed by atoms with van der Waals surface area (Å²) in [6.45, 7) is 8.93. The van der Waals surface area contributed by atoms with Crippen LogP contribution in [0.4, 0.5) is 0 Å². The molecule has 0 radical (unpaired) electrons. The smallest absolute Gasteiger partial charge is 0.163 e. The monoisotopic (exact) mass is 378 g/mol. The van der Waals surface area contributed by atoms with E-state index < -0.39 is 0 Å². The summed E-state index contributed by atoms with van der Waals surface area (Å²) < 4.78 is 12.6. The molecule has 2 rings (SSSR count). The average molecular weight is 379 g/mol. The van der Waals surface area contributed by atoms with Gasteiger partial charge in [0.25, 0.3) is 0 Å². The van der Waals surface area contributed by atoms with E-state index in [-0.39, 0.29) is 11.7 Å². The van der Waals surface area contributed by atoms with Crippen molar-refractivity contribution in [1.29, 1.82) is 0 Å². The number of hydrogen-bond donors (Lipinski definition) is 0. The fraction of sp³-hybridized carbons (Fsp3) is 0.739. The van der Waals surface area contributed by atoms with Gasteiger partial charge in [0.2, 0.25) is 0 Å². The predicted octanol–water partition coefficient (Wildman–Crippen LogP) is 7.08. The fourth-order valence-corrected chi connectivity index (χ4v) is 4.28. The maximum atomic E-state index is 6.33. The highest BCUT2D eigenvalue weighted by atomic mass is 32.2. The van der Waals surface area contributed by atoms with Crippen LogP contribution in [0.5, 0.6) is 0 Å². The van der Waals surface area contributed by atoms with Crippen LogP contribution in [0, 0.1) is 5.41 Å². The summed E-state index contributed by atoms with van der Waals surface area (Å²) in [4.78, 5) is 1.36. The second-order valence-electron chi connectivity index (χ2n) is 8.60. The van der Waals surface area contributed by atoms with Gasteiger partial charge in [0.15, 0.2) is 6.29 Å². The van der Waals surface area contributed by atoms with Gasteiger partial charge in [0.1, 0.15) is 0 Å². The van der Waals surface area contributed by atoms with Gasteiger partial charge < -0.3 is 9.47 Å². The lowest BCUT2D eigenvalue weighted by Gasteiger charge is -2.41. The van der Waals surface area contributed by atoms with Gasteiger partial charge in [-0.1, -0.05) is 71.6 Å². The number of hydrogen-bond acceptors (Lipinski definition) is 3. The standard InChI is InChI=1S/C23H38O2S/c1-5-6-7-9-13-19-18-20(25-22(24-19)23(2,3)4)14-12-17-26-21-15-10-8-11-16-21/h8,10-11,15-16,19-20,22H,5-7,9,12-14,17-18H2,1-4H3/t19-,20-,22-/m1/s1. The Morgan fingerprint density at radius 1 is 0.923 bits per heavy atom. The molecule has 1 fully saturated rings. The Kier molecular flexibility index (Phi) is 9.52. The van der Waals surface area contributed by atoms with E-state index in [9.17, 15) is 0 Å². The second kappa shape index (κ2) is 11.4. The Labute approximate surface area is 165 Å². The zero-order valence-electron chi connectivity index (χ0n) is 17.2. The first-order valence-corrected chi connectivity index (χ1v) is 11.5. The van der Waals surface area contributed by atoms with E-state index in [1.54, 1.807) is 0 Å². The minimum Gasteiger partial charge on any atom is -0.349 e. The van der Waals surface area contributed by atoms with E-state index in [0.29, 0.717) is 12.2 Å². The van der Waals surface area contributed by atoms with Crippen molar-refractivity contribution in [3.05, 3.63) is 30.3 Å². The molecule has 3 atom stereocenters. The molecule has 1 saturated heterocycles. The van der Waals surface area contributed by atoms with Gasteiger partial charge in [0, 0.05) is 10.3 Å². The van der Waals surface area contributed by atoms with Gasteiger partial charge in [-0.05, 0) is 43.6 Å². The quantitative estimate of drug-likeness (QED) is 0.320. The van der Waals surface area contributed by atoms with Crippen molar-refractivity contribution in [1.82, 2.24) is 0 Å². The lowest BCUT2D eigenvalue weighted by molar-refractivity contribution is -0.280. The molecular formula is C23H38O2S. The molecular weight excluding hydrogens is 340 g/mol. The van der Waals surface area contributed by atoms with Crippen LogP contribution in [0.15, 0.2) is 35.2 Å². The first-order chi connectivity index (χ1) is 12.5. The molecule has 0 amide bonds. The van der Waals surface area contributed by atoms with Crippen LogP contribution in [0.2, 0.25) is 0 Å². The average Bonchev–Trinajstić information content (AvgIpc) is 2.62. The van der Waals surface area contributed by atoms with Gasteiger partial charge in [-0.2, -0.15) is 0 Å². The maximum Gasteiger partial charge on any atom is 0.163 e. The normalized spacial score (nSPS) is 23.9. The third-order valence-corrected chi connectivity index (χ3v) is 6.03. The minimum atomic E-state index is -0.0702. The third-order valence-electron chi connectivity index (χ3n) is 4.93. The van der Waals surface area contributed by atoms with Crippen molar-refractivity contribution in [2.45, 2.75) is 102 Å². The third kappa shape index (κ3) is 8.02. The molecule has 1 aliphatic rings. The number of rotatable bonds is 10. The summed E-state index contributed by atoms with van der Waals surface area (Å²) in [5, 5.41) is 0. The molecule has 0 spiro atoms. The molecule has 0 aromatic heterocycles. The summed E-state index contributed by atoms with van der Waals surface area (Å²) in [7, 11) is 0. The van der Waals surface area contributed by atoms with Crippen LogP contribution in [-0.2, 0) is 9.47 Å². The molecule has 1 heterocycles. The summed E-state index contributed by atoms with van der Waals surface area (Å²) >= 11 is 1.95. The van der Waals surface area contributed by atoms with Crippen molar-refractivity contribution in [3.63, 3.8) is 0 Å². The lowest BCUT2D eigenvalue weighted by Crippen LogP contribution is -2.44. The van der Waals surface area contributed by atoms with Gasteiger partial charge in [0.05, 0.1) is 12.2 Å². The molecule has 2 nitrogen and oxygen atoms in total. The number of ether oxygens (including phenoxy) is 2. The Morgan fingerprint density at radius 2 is 1.58 bits per heavy atom. The van der Waals surface area contributed by atoms with E-state index in [4.69, 9.17) is 9.47 Å². The number of benzene rings is 1. The highest BCUT2D eigenvalue weighted by molar-refractivity contribution is 7.99. The minimum absolute atomic E-state index is 0.0408. The molecule has 3 heteroatoms. The predicted molar refractivity (Wildman–Crippen MR) is 113 cm³/mol. The van der Waals surface area contributed by atoms with Crippen molar-refractivity contribution < 1.29 is 9.47 Å². The Balaban J connectivity index is 1.77. The Morgan fingerprint density at radius 3 is 2.19 bits per heavy atom. The van der Waals surface area contributed by atoms with Crippen molar-refractivity contribution >= 4 is 11.8 Å². The van der Waals surface area contributed by atoms with Crippen LogP contribution in [0.3, 0.4) is 0 Å². The topological polar surface area (TPSA) is 18.5 Å². The Hall–Kier alpha value is -0.510. The van der Waals surface area contributed by atoms with Gasteiger partial charge in [-0.3, -0.25) is 0 Å². The van der Waals surface area contributed by atoms with Crippen LogP contribution in [0.25, 0.3) is 0 Å². The molecule has 1 aromatic carbocycles. The molecule has 0 N–H and O–H groups in total. The molecule has 148 valence electrons. The zero-order valence-corrected chi connectivity index (χ0v) is 18.0. The van der Waals surface area contributed by atoms with E-state index in [2.05, 4.69) is 58.0 Å². The van der Waals surface area contributed by atoms with Crippen molar-refractivity contribution in [3.8, 4) is 0 Å². The molecule has 0 saturated carbocycles. The number of unbranched alkanes of at least 4 members (excludes halogenated alkanes) is 3. The van der Waals surface area contributed by atoms with Crippen LogP contribution < -0.4 is 0 Å². The molecule has 1 aromatic rings. The maximum absolute atomic E-state index is 6.33. The lowest BCUT2D eigenvalue weighted by atomic mass is 9.93. The largest absolute Gasteiger partial charge is 0.349 e. The SMILES string of the molecule is CCCCCC[C@@H]1C[C@@H](CCCSc2ccccc2)O[C@H](C(C)(C)C)O1. The summed E-state index contributed by atoms with van der Waals surface area (Å²) in [6.07, 6.45) is 10.5. The molecule has 0 unspecified atom stereocenters. The molecule has 26 heavy (non-hydrogen) atoms. The summed E-state index contributed by atoms with van der Waals surface area (Å²) in [5.41, 5.74) is 0.0408.